The highest BCUT2D eigenvalue weighted by molar-refractivity contribution is 6.32. The number of halogens is 1. The van der Waals surface area contributed by atoms with Crippen LogP contribution in [0.3, 0.4) is 0 Å². The number of hydrogen-bond acceptors (Lipinski definition) is 3. The zero-order valence-corrected chi connectivity index (χ0v) is 12.4. The predicted molar refractivity (Wildman–Crippen MR) is 82.8 cm³/mol. The second kappa shape index (κ2) is 6.53. The molecule has 2 aromatic carbocycles. The van der Waals surface area contributed by atoms with Gasteiger partial charge in [-0.05, 0) is 35.7 Å². The summed E-state index contributed by atoms with van der Waals surface area (Å²) >= 11 is 5.98. The van der Waals surface area contributed by atoms with Gasteiger partial charge in [0.05, 0.1) is 12.1 Å². The Bertz CT molecular complexity index is 599. The second-order valence-corrected chi connectivity index (χ2v) is 4.90. The van der Waals surface area contributed by atoms with Crippen molar-refractivity contribution < 1.29 is 9.84 Å². The zero-order valence-electron chi connectivity index (χ0n) is 11.6. The molecule has 3 nitrogen and oxygen atoms in total. The summed E-state index contributed by atoms with van der Waals surface area (Å²) in [6, 6.07) is 11.7. The van der Waals surface area contributed by atoms with E-state index < -0.39 is 0 Å². The fourth-order valence-corrected chi connectivity index (χ4v) is 2.32. The molecular weight excluding hydrogens is 274 g/mol. The molecule has 2 aromatic rings. The van der Waals surface area contributed by atoms with Gasteiger partial charge in [0.25, 0.3) is 0 Å². The minimum Gasteiger partial charge on any atom is -0.503 e. The van der Waals surface area contributed by atoms with Gasteiger partial charge >= 0.3 is 0 Å². The molecule has 0 aliphatic rings. The second-order valence-electron chi connectivity index (χ2n) is 4.49. The number of para-hydroxylation sites is 1. The van der Waals surface area contributed by atoms with E-state index in [-0.39, 0.29) is 5.75 Å². The van der Waals surface area contributed by atoms with Crippen molar-refractivity contribution in [1.82, 2.24) is 0 Å². The topological polar surface area (TPSA) is 41.5 Å². The van der Waals surface area contributed by atoms with Crippen molar-refractivity contribution in [2.24, 2.45) is 0 Å². The lowest BCUT2D eigenvalue weighted by Crippen LogP contribution is -2.02. The van der Waals surface area contributed by atoms with E-state index in [2.05, 4.69) is 24.4 Å². The number of nitrogens with one attached hydrogen (secondary N) is 1. The van der Waals surface area contributed by atoms with Crippen LogP contribution < -0.4 is 10.1 Å². The van der Waals surface area contributed by atoms with Crippen molar-refractivity contribution in [2.75, 3.05) is 12.4 Å². The van der Waals surface area contributed by atoms with E-state index >= 15 is 0 Å². The number of anilines is 1. The number of ether oxygens (including phenoxy) is 1. The SMILES string of the molecule is CCc1ccccc1NCc1cc(Cl)c(O)c(OC)c1. The molecule has 0 aromatic heterocycles. The number of phenols is 1. The Balaban J connectivity index is 2.17. The van der Waals surface area contributed by atoms with Crippen molar-refractivity contribution in [3.05, 3.63) is 52.5 Å². The Morgan fingerprint density at radius 3 is 2.70 bits per heavy atom. The number of aromatic hydroxyl groups is 1. The zero-order chi connectivity index (χ0) is 14.5. The number of methoxy groups -OCH3 is 1. The third-order valence-corrected chi connectivity index (χ3v) is 3.48. The van der Waals surface area contributed by atoms with Crippen molar-refractivity contribution >= 4 is 17.3 Å². The van der Waals surface area contributed by atoms with Gasteiger partial charge in [0.15, 0.2) is 11.5 Å². The van der Waals surface area contributed by atoms with Gasteiger partial charge in [-0.2, -0.15) is 0 Å². The summed E-state index contributed by atoms with van der Waals surface area (Å²) in [5.74, 6) is 0.366. The maximum absolute atomic E-state index is 9.71. The fourth-order valence-electron chi connectivity index (χ4n) is 2.08. The number of hydrogen-bond donors (Lipinski definition) is 2. The van der Waals surface area contributed by atoms with Crippen molar-refractivity contribution in [2.45, 2.75) is 19.9 Å². The average molecular weight is 292 g/mol. The smallest absolute Gasteiger partial charge is 0.176 e. The molecule has 2 rings (SSSR count). The molecule has 0 unspecified atom stereocenters. The van der Waals surface area contributed by atoms with E-state index in [1.807, 2.05) is 12.1 Å². The van der Waals surface area contributed by atoms with Gasteiger partial charge in [-0.15, -0.1) is 0 Å². The number of phenolic OH excluding ortho intramolecular Hbond substituents is 1. The van der Waals surface area contributed by atoms with Crippen LogP contribution in [0.4, 0.5) is 5.69 Å². The van der Waals surface area contributed by atoms with Crippen LogP contribution in [0.5, 0.6) is 11.5 Å². The van der Waals surface area contributed by atoms with Gasteiger partial charge in [-0.1, -0.05) is 36.7 Å². The van der Waals surface area contributed by atoms with E-state index in [1.165, 1.54) is 12.7 Å². The molecule has 106 valence electrons. The first-order valence-corrected chi connectivity index (χ1v) is 6.90. The van der Waals surface area contributed by atoms with E-state index in [1.54, 1.807) is 12.1 Å². The van der Waals surface area contributed by atoms with Crippen LogP contribution in [0, 0.1) is 0 Å². The standard InChI is InChI=1S/C16H18ClNO2/c1-3-12-6-4-5-7-14(12)18-10-11-8-13(17)16(19)15(9-11)20-2/h4-9,18-19H,3,10H2,1-2H3. The molecule has 0 fully saturated rings. The van der Waals surface area contributed by atoms with Gasteiger partial charge in [-0.3, -0.25) is 0 Å². The molecule has 0 aliphatic heterocycles. The first-order valence-electron chi connectivity index (χ1n) is 6.52. The van der Waals surface area contributed by atoms with Crippen LogP contribution in [0.2, 0.25) is 5.02 Å². The van der Waals surface area contributed by atoms with Crippen molar-refractivity contribution in [1.29, 1.82) is 0 Å². The molecule has 0 aliphatic carbocycles. The first-order chi connectivity index (χ1) is 9.65. The van der Waals surface area contributed by atoms with Crippen LogP contribution in [0.15, 0.2) is 36.4 Å². The van der Waals surface area contributed by atoms with Crippen LogP contribution in [0.25, 0.3) is 0 Å². The summed E-state index contributed by atoms with van der Waals surface area (Å²) in [5, 5.41) is 13.4. The Morgan fingerprint density at radius 1 is 1.25 bits per heavy atom. The molecule has 0 saturated carbocycles. The van der Waals surface area contributed by atoms with Gasteiger partial charge in [0.2, 0.25) is 0 Å². The Hall–Kier alpha value is -1.87. The van der Waals surface area contributed by atoms with Crippen LogP contribution >= 0.6 is 11.6 Å². The molecule has 0 saturated heterocycles. The summed E-state index contributed by atoms with van der Waals surface area (Å²) in [5.41, 5.74) is 3.33. The first kappa shape index (κ1) is 14.5. The van der Waals surface area contributed by atoms with Gasteiger partial charge in [0.1, 0.15) is 0 Å². The maximum Gasteiger partial charge on any atom is 0.176 e. The quantitative estimate of drug-likeness (QED) is 0.866. The minimum absolute atomic E-state index is 0.0214. The molecule has 20 heavy (non-hydrogen) atoms. The largest absolute Gasteiger partial charge is 0.503 e. The van der Waals surface area contributed by atoms with Crippen molar-refractivity contribution in [3.8, 4) is 11.5 Å². The summed E-state index contributed by atoms with van der Waals surface area (Å²) in [7, 11) is 1.51. The average Bonchev–Trinajstić information content (AvgIpc) is 2.48. The molecule has 0 amide bonds. The Labute approximate surface area is 124 Å². The predicted octanol–water partition coefficient (Wildman–Crippen LogP) is 4.23. The Morgan fingerprint density at radius 2 is 2.00 bits per heavy atom. The molecule has 0 bridgehead atoms. The summed E-state index contributed by atoms with van der Waals surface area (Å²) < 4.78 is 5.10. The van der Waals surface area contributed by atoms with Gasteiger partial charge in [0, 0.05) is 12.2 Å². The summed E-state index contributed by atoms with van der Waals surface area (Å²) in [4.78, 5) is 0. The lowest BCUT2D eigenvalue weighted by molar-refractivity contribution is 0.373. The third-order valence-electron chi connectivity index (χ3n) is 3.19. The molecule has 0 radical (unpaired) electrons. The minimum atomic E-state index is -0.0214. The number of rotatable bonds is 5. The molecule has 0 spiro atoms. The van der Waals surface area contributed by atoms with Crippen LogP contribution in [-0.2, 0) is 13.0 Å². The van der Waals surface area contributed by atoms with E-state index in [4.69, 9.17) is 16.3 Å². The van der Waals surface area contributed by atoms with E-state index in [0.29, 0.717) is 17.3 Å². The maximum atomic E-state index is 9.71. The highest BCUT2D eigenvalue weighted by Crippen LogP contribution is 2.35. The van der Waals surface area contributed by atoms with Crippen molar-refractivity contribution in [3.63, 3.8) is 0 Å². The lowest BCUT2D eigenvalue weighted by atomic mass is 10.1. The number of benzene rings is 2. The monoisotopic (exact) mass is 291 g/mol. The highest BCUT2D eigenvalue weighted by atomic mass is 35.5. The molecule has 2 N–H and O–H groups in total. The van der Waals surface area contributed by atoms with Gasteiger partial charge in [-0.25, -0.2) is 0 Å². The fraction of sp³-hybridized carbons (Fsp3) is 0.250. The van der Waals surface area contributed by atoms with Crippen LogP contribution in [-0.4, -0.2) is 12.2 Å². The lowest BCUT2D eigenvalue weighted by Gasteiger charge is -2.12. The molecule has 4 heteroatoms. The van der Waals surface area contributed by atoms with Gasteiger partial charge < -0.3 is 15.2 Å². The molecule has 0 heterocycles. The normalized spacial score (nSPS) is 10.3. The third kappa shape index (κ3) is 3.17. The summed E-state index contributed by atoms with van der Waals surface area (Å²) in [6.45, 7) is 2.74. The van der Waals surface area contributed by atoms with E-state index in [0.717, 1.165) is 17.7 Å². The molecule has 0 atom stereocenters. The molecular formula is C16H18ClNO2. The number of aryl methyl sites for hydroxylation is 1. The highest BCUT2D eigenvalue weighted by Gasteiger charge is 2.09. The van der Waals surface area contributed by atoms with E-state index in [9.17, 15) is 5.11 Å². The van der Waals surface area contributed by atoms with Crippen LogP contribution in [0.1, 0.15) is 18.1 Å². The Kier molecular flexibility index (Phi) is 4.74. The summed E-state index contributed by atoms with van der Waals surface area (Å²) in [6.07, 6.45) is 0.975.